The first-order chi connectivity index (χ1) is 14.5. The molecule has 154 valence electrons. The minimum atomic E-state index is -0.137. The Hall–Kier alpha value is -2.82. The Kier molecular flexibility index (Phi) is 6.07. The van der Waals surface area contributed by atoms with Gasteiger partial charge in [-0.2, -0.15) is 5.10 Å². The highest BCUT2D eigenvalue weighted by Crippen LogP contribution is 2.29. The number of carbonyl (C=O) groups excluding carboxylic acids is 1. The van der Waals surface area contributed by atoms with Gasteiger partial charge in [0.25, 0.3) is 0 Å². The zero-order chi connectivity index (χ0) is 21.1. The number of aromatic nitrogens is 4. The maximum atomic E-state index is 12.6. The van der Waals surface area contributed by atoms with Crippen molar-refractivity contribution in [2.24, 2.45) is 0 Å². The Bertz CT molecular complexity index is 1220. The van der Waals surface area contributed by atoms with E-state index in [0.29, 0.717) is 17.1 Å². The summed E-state index contributed by atoms with van der Waals surface area (Å²) < 4.78 is 7.27. The van der Waals surface area contributed by atoms with E-state index in [1.165, 1.54) is 0 Å². The number of hydrogen-bond acceptors (Lipinski definition) is 7. The van der Waals surface area contributed by atoms with E-state index in [4.69, 9.17) is 17.0 Å². The fourth-order valence-corrected chi connectivity index (χ4v) is 4.69. The van der Waals surface area contributed by atoms with Gasteiger partial charge in [-0.25, -0.2) is 4.98 Å². The molecule has 4 aromatic rings. The summed E-state index contributed by atoms with van der Waals surface area (Å²) in [5, 5.41) is 13.1. The third-order valence-electron chi connectivity index (χ3n) is 4.40. The molecule has 0 saturated heterocycles. The number of ether oxygens (including phenoxy) is 1. The number of thiophene rings is 1. The molecule has 7 nitrogen and oxygen atoms in total. The second kappa shape index (κ2) is 8.90. The lowest BCUT2D eigenvalue weighted by Gasteiger charge is -2.08. The molecule has 30 heavy (non-hydrogen) atoms. The topological polar surface area (TPSA) is 84.8 Å². The van der Waals surface area contributed by atoms with Crippen molar-refractivity contribution in [3.63, 3.8) is 0 Å². The van der Waals surface area contributed by atoms with Gasteiger partial charge in [-0.1, -0.05) is 0 Å². The molecular weight excluding hydrogens is 438 g/mol. The van der Waals surface area contributed by atoms with Crippen molar-refractivity contribution in [3.8, 4) is 27.7 Å². The minimum Gasteiger partial charge on any atom is -0.497 e. The van der Waals surface area contributed by atoms with Crippen LogP contribution in [0.25, 0.3) is 22.0 Å². The van der Waals surface area contributed by atoms with E-state index >= 15 is 0 Å². The molecule has 1 aromatic carbocycles. The number of H-pyrrole nitrogens is 1. The number of nitrogens with zero attached hydrogens (tertiary/aromatic N) is 3. The summed E-state index contributed by atoms with van der Waals surface area (Å²) in [7, 11) is 1.61. The third kappa shape index (κ3) is 4.50. The summed E-state index contributed by atoms with van der Waals surface area (Å²) >= 11 is 8.57. The number of nitrogens with one attached hydrogen (secondary N) is 2. The number of benzene rings is 1. The van der Waals surface area contributed by atoms with Crippen molar-refractivity contribution in [1.29, 1.82) is 0 Å². The van der Waals surface area contributed by atoms with Crippen LogP contribution in [0.5, 0.6) is 5.75 Å². The van der Waals surface area contributed by atoms with E-state index in [-0.39, 0.29) is 12.5 Å². The molecule has 3 heterocycles. The molecule has 2 N–H and O–H groups in total. The van der Waals surface area contributed by atoms with Crippen molar-refractivity contribution in [3.05, 3.63) is 56.4 Å². The van der Waals surface area contributed by atoms with Crippen LogP contribution < -0.4 is 10.1 Å². The van der Waals surface area contributed by atoms with E-state index < -0.39 is 0 Å². The normalized spacial score (nSPS) is 10.9. The van der Waals surface area contributed by atoms with E-state index in [2.05, 4.69) is 20.5 Å². The molecule has 0 bridgehead atoms. The van der Waals surface area contributed by atoms with E-state index in [9.17, 15) is 4.79 Å². The van der Waals surface area contributed by atoms with Gasteiger partial charge in [0.15, 0.2) is 10.6 Å². The van der Waals surface area contributed by atoms with Gasteiger partial charge in [0.05, 0.1) is 29.2 Å². The number of hydrogen-bond donors (Lipinski definition) is 2. The predicted octanol–water partition coefficient (Wildman–Crippen LogP) is 4.43. The van der Waals surface area contributed by atoms with E-state index in [1.54, 1.807) is 34.4 Å². The van der Waals surface area contributed by atoms with Gasteiger partial charge in [-0.3, -0.25) is 14.5 Å². The zero-order valence-corrected chi connectivity index (χ0v) is 18.8. The van der Waals surface area contributed by atoms with Crippen molar-refractivity contribution < 1.29 is 9.53 Å². The maximum absolute atomic E-state index is 12.6. The van der Waals surface area contributed by atoms with Crippen LogP contribution in [0, 0.1) is 11.7 Å². The van der Waals surface area contributed by atoms with Gasteiger partial charge in [0.1, 0.15) is 12.3 Å². The standard InChI is InChI=1S/C20H19N5O2S3/c1-12-22-16(11-29-12)17-8-7-15(30-17)9-21-18(26)10-25-19(23-24-20(25)28)13-3-5-14(27-2)6-4-13/h3-8,11H,9-10H2,1-2H3,(H,21,26)(H,24,28). The van der Waals surface area contributed by atoms with Crippen LogP contribution in [0.3, 0.4) is 0 Å². The molecule has 0 atom stereocenters. The highest BCUT2D eigenvalue weighted by atomic mass is 32.1. The Balaban J connectivity index is 1.42. The first-order valence-electron chi connectivity index (χ1n) is 9.11. The van der Waals surface area contributed by atoms with Gasteiger partial charge >= 0.3 is 0 Å². The molecule has 0 aliphatic rings. The summed E-state index contributed by atoms with van der Waals surface area (Å²) in [6.45, 7) is 2.53. The lowest BCUT2D eigenvalue weighted by atomic mass is 10.2. The fraction of sp³-hybridized carbons (Fsp3) is 0.200. The van der Waals surface area contributed by atoms with Crippen molar-refractivity contribution in [2.45, 2.75) is 20.0 Å². The summed E-state index contributed by atoms with van der Waals surface area (Å²) in [5.41, 5.74) is 1.83. The summed E-state index contributed by atoms with van der Waals surface area (Å²) in [5.74, 6) is 1.22. The highest BCUT2D eigenvalue weighted by Gasteiger charge is 2.13. The van der Waals surface area contributed by atoms with Gasteiger partial charge in [0.2, 0.25) is 5.91 Å². The number of amides is 1. The molecule has 0 radical (unpaired) electrons. The van der Waals surface area contributed by atoms with E-state index in [0.717, 1.165) is 31.8 Å². The third-order valence-corrected chi connectivity index (χ3v) is 6.59. The Labute approximate surface area is 186 Å². The quantitative estimate of drug-likeness (QED) is 0.401. The van der Waals surface area contributed by atoms with Gasteiger partial charge in [0, 0.05) is 15.8 Å². The Morgan fingerprint density at radius 1 is 1.27 bits per heavy atom. The summed E-state index contributed by atoms with van der Waals surface area (Å²) in [4.78, 5) is 19.2. The molecule has 0 saturated carbocycles. The summed E-state index contributed by atoms with van der Waals surface area (Å²) in [6.07, 6.45) is 0. The monoisotopic (exact) mass is 457 g/mol. The molecule has 10 heteroatoms. The lowest BCUT2D eigenvalue weighted by Crippen LogP contribution is -2.27. The number of carbonyl (C=O) groups is 1. The molecule has 1 amide bonds. The van der Waals surface area contributed by atoms with Gasteiger partial charge < -0.3 is 10.1 Å². The summed E-state index contributed by atoms with van der Waals surface area (Å²) in [6, 6.07) is 11.5. The van der Waals surface area contributed by atoms with Crippen LogP contribution in [0.1, 0.15) is 9.88 Å². The van der Waals surface area contributed by atoms with Crippen LogP contribution in [-0.2, 0) is 17.9 Å². The Morgan fingerprint density at radius 3 is 2.77 bits per heavy atom. The minimum absolute atomic E-state index is 0.0835. The second-order valence-corrected chi connectivity index (χ2v) is 9.08. The average molecular weight is 458 g/mol. The molecule has 0 aliphatic carbocycles. The molecule has 4 rings (SSSR count). The molecule has 0 spiro atoms. The molecular formula is C20H19N5O2S3. The van der Waals surface area contributed by atoms with Gasteiger partial charge in [-0.05, 0) is 55.5 Å². The van der Waals surface area contributed by atoms with Crippen molar-refractivity contribution >= 4 is 40.8 Å². The van der Waals surface area contributed by atoms with Gasteiger partial charge in [-0.15, -0.1) is 22.7 Å². The first-order valence-corrected chi connectivity index (χ1v) is 11.2. The van der Waals surface area contributed by atoms with Crippen molar-refractivity contribution in [1.82, 2.24) is 25.1 Å². The lowest BCUT2D eigenvalue weighted by molar-refractivity contribution is -0.121. The average Bonchev–Trinajstić information content (AvgIpc) is 3.48. The Morgan fingerprint density at radius 2 is 2.07 bits per heavy atom. The van der Waals surface area contributed by atoms with Crippen LogP contribution in [-0.4, -0.2) is 32.8 Å². The number of aromatic amines is 1. The molecule has 0 aliphatic heterocycles. The smallest absolute Gasteiger partial charge is 0.240 e. The highest BCUT2D eigenvalue weighted by molar-refractivity contribution is 7.71. The largest absolute Gasteiger partial charge is 0.497 e. The number of aryl methyl sites for hydroxylation is 1. The van der Waals surface area contributed by atoms with E-state index in [1.807, 2.05) is 48.7 Å². The number of thiazole rings is 1. The predicted molar refractivity (Wildman–Crippen MR) is 121 cm³/mol. The number of methoxy groups -OCH3 is 1. The zero-order valence-electron chi connectivity index (χ0n) is 16.3. The van der Waals surface area contributed by atoms with Crippen molar-refractivity contribution in [2.75, 3.05) is 7.11 Å². The maximum Gasteiger partial charge on any atom is 0.240 e. The molecule has 0 unspecified atom stereocenters. The van der Waals surface area contributed by atoms with Crippen LogP contribution >= 0.6 is 34.9 Å². The molecule has 3 aromatic heterocycles. The fourth-order valence-electron chi connectivity index (χ4n) is 2.90. The first kappa shape index (κ1) is 20.5. The van der Waals surface area contributed by atoms with Crippen LogP contribution in [0.4, 0.5) is 0 Å². The van der Waals surface area contributed by atoms with Crippen LogP contribution in [0.15, 0.2) is 41.8 Å². The molecule has 0 fully saturated rings. The SMILES string of the molecule is COc1ccc(-c2n[nH]c(=S)n2CC(=O)NCc2ccc(-c3csc(C)n3)s2)cc1. The number of rotatable bonds is 7. The van der Waals surface area contributed by atoms with Crippen LogP contribution in [0.2, 0.25) is 0 Å². The second-order valence-electron chi connectivity index (χ2n) is 6.46.